The van der Waals surface area contributed by atoms with E-state index in [1.54, 1.807) is 13.4 Å². The number of hydrogen-bond donors (Lipinski definition) is 0. The van der Waals surface area contributed by atoms with Gasteiger partial charge in [-0.05, 0) is 19.3 Å². The maximum absolute atomic E-state index is 5.21. The van der Waals surface area contributed by atoms with Crippen LogP contribution in [0, 0.1) is 12.8 Å². The average molecular weight is 286 g/mol. The van der Waals surface area contributed by atoms with Crippen LogP contribution in [0.15, 0.2) is 6.33 Å². The Hall–Kier alpha value is -0.840. The molecule has 16 heavy (non-hydrogen) atoms. The van der Waals surface area contributed by atoms with E-state index >= 15 is 0 Å². The quantitative estimate of drug-likeness (QED) is 0.797. The highest BCUT2D eigenvalue weighted by molar-refractivity contribution is 9.09. The summed E-state index contributed by atoms with van der Waals surface area (Å²) in [5, 5.41) is 1.06. The van der Waals surface area contributed by atoms with Crippen LogP contribution >= 0.6 is 15.9 Å². The first-order valence-electron chi connectivity index (χ1n) is 5.42. The number of rotatable bonds is 3. The van der Waals surface area contributed by atoms with Crippen molar-refractivity contribution < 1.29 is 4.74 Å². The number of ether oxygens (including phenoxy) is 1. The third kappa shape index (κ3) is 2.14. The normalized spacial score (nSPS) is 20.2. The number of anilines is 1. The maximum atomic E-state index is 5.21. The zero-order valence-electron chi connectivity index (χ0n) is 9.61. The molecule has 0 aliphatic carbocycles. The summed E-state index contributed by atoms with van der Waals surface area (Å²) >= 11 is 3.54. The molecule has 0 aromatic carbocycles. The predicted molar refractivity (Wildman–Crippen MR) is 67.4 cm³/mol. The fourth-order valence-corrected chi connectivity index (χ4v) is 2.63. The molecule has 1 aliphatic heterocycles. The Morgan fingerprint density at radius 2 is 2.38 bits per heavy atom. The smallest absolute Gasteiger partial charge is 0.221 e. The molecule has 1 aromatic rings. The van der Waals surface area contributed by atoms with Crippen LogP contribution in [0.3, 0.4) is 0 Å². The van der Waals surface area contributed by atoms with E-state index in [4.69, 9.17) is 4.74 Å². The van der Waals surface area contributed by atoms with E-state index in [0.29, 0.717) is 5.88 Å². The van der Waals surface area contributed by atoms with Gasteiger partial charge in [-0.3, -0.25) is 0 Å². The SMILES string of the molecule is COc1ncnc(N2CCC(CBr)C2)c1C. The monoisotopic (exact) mass is 285 g/mol. The van der Waals surface area contributed by atoms with Crippen molar-refractivity contribution in [2.24, 2.45) is 5.92 Å². The summed E-state index contributed by atoms with van der Waals surface area (Å²) in [4.78, 5) is 10.8. The van der Waals surface area contributed by atoms with Crippen molar-refractivity contribution >= 4 is 21.7 Å². The van der Waals surface area contributed by atoms with Crippen molar-refractivity contribution in [2.75, 3.05) is 30.4 Å². The summed E-state index contributed by atoms with van der Waals surface area (Å²) in [6.45, 7) is 4.14. The highest BCUT2D eigenvalue weighted by Crippen LogP contribution is 2.28. The second-order valence-electron chi connectivity index (χ2n) is 4.09. The fourth-order valence-electron chi connectivity index (χ4n) is 2.10. The largest absolute Gasteiger partial charge is 0.481 e. The van der Waals surface area contributed by atoms with Gasteiger partial charge in [0, 0.05) is 18.4 Å². The minimum atomic E-state index is 0.673. The van der Waals surface area contributed by atoms with Gasteiger partial charge in [0.05, 0.1) is 12.7 Å². The van der Waals surface area contributed by atoms with Crippen molar-refractivity contribution in [3.05, 3.63) is 11.9 Å². The van der Waals surface area contributed by atoms with Gasteiger partial charge in [0.2, 0.25) is 5.88 Å². The van der Waals surface area contributed by atoms with Crippen LogP contribution in [0.4, 0.5) is 5.82 Å². The minimum Gasteiger partial charge on any atom is -0.481 e. The van der Waals surface area contributed by atoms with Gasteiger partial charge in [-0.15, -0.1) is 0 Å². The lowest BCUT2D eigenvalue weighted by molar-refractivity contribution is 0.393. The van der Waals surface area contributed by atoms with E-state index in [0.717, 1.165) is 35.7 Å². The summed E-state index contributed by atoms with van der Waals surface area (Å²) in [6.07, 6.45) is 2.79. The van der Waals surface area contributed by atoms with E-state index in [2.05, 4.69) is 30.8 Å². The Balaban J connectivity index is 2.21. The van der Waals surface area contributed by atoms with Crippen LogP contribution in [0.5, 0.6) is 5.88 Å². The Bertz CT molecular complexity index is 372. The molecule has 1 aliphatic rings. The molecule has 0 saturated carbocycles. The number of aromatic nitrogens is 2. The van der Waals surface area contributed by atoms with E-state index in [1.807, 2.05) is 6.92 Å². The molecule has 5 heteroatoms. The molecule has 0 amide bonds. The Kier molecular flexibility index (Phi) is 3.63. The highest BCUT2D eigenvalue weighted by atomic mass is 79.9. The Morgan fingerprint density at radius 3 is 3.00 bits per heavy atom. The lowest BCUT2D eigenvalue weighted by Crippen LogP contribution is -2.22. The molecule has 1 aromatic heterocycles. The van der Waals surface area contributed by atoms with Gasteiger partial charge in [0.1, 0.15) is 12.1 Å². The first-order chi connectivity index (χ1) is 7.76. The summed E-state index contributed by atoms with van der Waals surface area (Å²) in [6, 6.07) is 0. The van der Waals surface area contributed by atoms with Crippen LogP contribution in [0.1, 0.15) is 12.0 Å². The summed E-state index contributed by atoms with van der Waals surface area (Å²) < 4.78 is 5.21. The van der Waals surface area contributed by atoms with E-state index < -0.39 is 0 Å². The zero-order valence-corrected chi connectivity index (χ0v) is 11.2. The molecular formula is C11H16BrN3O. The molecule has 2 heterocycles. The topological polar surface area (TPSA) is 38.3 Å². The molecule has 0 radical (unpaired) electrons. The van der Waals surface area contributed by atoms with Gasteiger partial charge in [-0.25, -0.2) is 9.97 Å². The van der Waals surface area contributed by atoms with Crippen molar-refractivity contribution in [3.63, 3.8) is 0 Å². The molecule has 88 valence electrons. The molecule has 0 N–H and O–H groups in total. The first-order valence-corrected chi connectivity index (χ1v) is 6.55. The second kappa shape index (κ2) is 4.99. The molecule has 1 unspecified atom stereocenters. The van der Waals surface area contributed by atoms with Gasteiger partial charge in [0.15, 0.2) is 0 Å². The van der Waals surface area contributed by atoms with Gasteiger partial charge >= 0.3 is 0 Å². The summed E-state index contributed by atoms with van der Waals surface area (Å²) in [7, 11) is 1.64. The maximum Gasteiger partial charge on any atom is 0.221 e. The summed E-state index contributed by atoms with van der Waals surface area (Å²) in [5.74, 6) is 2.41. The number of nitrogens with zero attached hydrogens (tertiary/aromatic N) is 3. The van der Waals surface area contributed by atoms with Crippen molar-refractivity contribution in [1.82, 2.24) is 9.97 Å². The van der Waals surface area contributed by atoms with Crippen molar-refractivity contribution in [2.45, 2.75) is 13.3 Å². The third-order valence-electron chi connectivity index (χ3n) is 3.01. The van der Waals surface area contributed by atoms with Crippen molar-refractivity contribution in [1.29, 1.82) is 0 Å². The van der Waals surface area contributed by atoms with Gasteiger partial charge < -0.3 is 9.64 Å². The molecule has 0 bridgehead atoms. The van der Waals surface area contributed by atoms with E-state index in [9.17, 15) is 0 Å². The van der Waals surface area contributed by atoms with Gasteiger partial charge in [-0.1, -0.05) is 15.9 Å². The number of alkyl halides is 1. The molecule has 4 nitrogen and oxygen atoms in total. The van der Waals surface area contributed by atoms with E-state index in [-0.39, 0.29) is 0 Å². The standard InChI is InChI=1S/C11H16BrN3O/c1-8-10(13-7-14-11(8)16-2)15-4-3-9(5-12)6-15/h7,9H,3-6H2,1-2H3. The molecule has 1 fully saturated rings. The minimum absolute atomic E-state index is 0.673. The second-order valence-corrected chi connectivity index (χ2v) is 4.73. The molecule has 1 saturated heterocycles. The number of hydrogen-bond acceptors (Lipinski definition) is 4. The number of halogens is 1. The lowest BCUT2D eigenvalue weighted by Gasteiger charge is -2.19. The zero-order chi connectivity index (χ0) is 11.5. The fraction of sp³-hybridized carbons (Fsp3) is 0.636. The van der Waals surface area contributed by atoms with Crippen molar-refractivity contribution in [3.8, 4) is 5.88 Å². The predicted octanol–water partition coefficient (Wildman–Crippen LogP) is 2.01. The Labute approximate surface area is 104 Å². The van der Waals surface area contributed by atoms with Crippen LogP contribution in [0.2, 0.25) is 0 Å². The highest BCUT2D eigenvalue weighted by Gasteiger charge is 2.24. The Morgan fingerprint density at radius 1 is 1.56 bits per heavy atom. The number of methoxy groups -OCH3 is 1. The van der Waals surface area contributed by atoms with Gasteiger partial charge in [0.25, 0.3) is 0 Å². The van der Waals surface area contributed by atoms with Gasteiger partial charge in [-0.2, -0.15) is 0 Å². The lowest BCUT2D eigenvalue weighted by atomic mass is 10.2. The third-order valence-corrected chi connectivity index (χ3v) is 3.92. The molecule has 1 atom stereocenters. The van der Waals surface area contributed by atoms with Crippen LogP contribution in [0.25, 0.3) is 0 Å². The van der Waals surface area contributed by atoms with Crippen LogP contribution < -0.4 is 9.64 Å². The molecular weight excluding hydrogens is 270 g/mol. The first kappa shape index (κ1) is 11.6. The summed E-state index contributed by atoms with van der Waals surface area (Å²) in [5.41, 5.74) is 1.03. The molecule has 2 rings (SSSR count). The molecule has 0 spiro atoms. The average Bonchev–Trinajstić information content (AvgIpc) is 2.78. The van der Waals surface area contributed by atoms with Crippen LogP contribution in [-0.2, 0) is 0 Å². The van der Waals surface area contributed by atoms with Crippen LogP contribution in [-0.4, -0.2) is 35.5 Å². The van der Waals surface area contributed by atoms with E-state index in [1.165, 1.54) is 6.42 Å².